The fraction of sp³-hybridized carbons (Fsp3) is 1.00. The molecule has 0 saturated carbocycles. The number of hydrogen-bond donors (Lipinski definition) is 3. The third-order valence-corrected chi connectivity index (χ3v) is 7.78. The van der Waals surface area contributed by atoms with E-state index in [2.05, 4.69) is 0 Å². The number of hydrogen-bond acceptors (Lipinski definition) is 5. The van der Waals surface area contributed by atoms with Crippen molar-refractivity contribution in [3.8, 4) is 0 Å². The highest BCUT2D eigenvalue weighted by Gasteiger charge is 2.59. The summed E-state index contributed by atoms with van der Waals surface area (Å²) in [6.45, 7) is 0.691. The van der Waals surface area contributed by atoms with Crippen molar-refractivity contribution >= 4 is 10.0 Å². The zero-order valence-electron chi connectivity index (χ0n) is 24.2. The topological polar surface area (TPSA) is 89.9 Å². The van der Waals surface area contributed by atoms with Crippen molar-refractivity contribution in [2.45, 2.75) is 94.8 Å². The second-order valence-corrected chi connectivity index (χ2v) is 13.1. The van der Waals surface area contributed by atoms with Crippen LogP contribution in [-0.2, 0) is 10.0 Å². The van der Waals surface area contributed by atoms with E-state index in [9.17, 15) is 69.9 Å². The van der Waals surface area contributed by atoms with E-state index in [-0.39, 0.29) is 19.9 Å². The summed E-state index contributed by atoms with van der Waals surface area (Å²) in [7, 11) is -0.956. The van der Waals surface area contributed by atoms with Gasteiger partial charge < -0.3 is 4.90 Å². The molecule has 0 heterocycles. The molecule has 4 unspecified atom stereocenters. The second kappa shape index (κ2) is 17.1. The van der Waals surface area contributed by atoms with Crippen LogP contribution in [0.2, 0.25) is 0 Å². The zero-order chi connectivity index (χ0) is 35.6. The fourth-order valence-corrected chi connectivity index (χ4v) is 5.49. The number of nitrogens with one attached hydrogen (secondary N) is 1. The maximum atomic E-state index is 14.2. The van der Waals surface area contributed by atoms with Gasteiger partial charge >= 0.3 is 18.5 Å². The molecule has 0 rings (SSSR count). The van der Waals surface area contributed by atoms with Crippen LogP contribution in [0.5, 0.6) is 0 Å². The first-order chi connectivity index (χ1) is 19.4. The van der Waals surface area contributed by atoms with E-state index in [0.29, 0.717) is 13.5 Å². The van der Waals surface area contributed by atoms with Crippen LogP contribution in [0.25, 0.3) is 0 Å². The molecule has 21 heteroatoms. The van der Waals surface area contributed by atoms with Crippen LogP contribution in [0, 0.1) is 17.8 Å². The third-order valence-electron chi connectivity index (χ3n) is 6.37. The summed E-state index contributed by atoms with van der Waals surface area (Å²) in [5, 5.41) is 12.0. The van der Waals surface area contributed by atoms with Crippen molar-refractivity contribution in [1.82, 2.24) is 9.62 Å². The minimum absolute atomic E-state index is 0.145. The van der Waals surface area contributed by atoms with Crippen LogP contribution in [0.15, 0.2) is 0 Å². The molecule has 0 amide bonds. The molecule has 0 spiro atoms. The Kier molecular flexibility index (Phi) is 17.5. The Morgan fingerprint density at radius 3 is 1.64 bits per heavy atom. The summed E-state index contributed by atoms with van der Waals surface area (Å²) in [6.07, 6.45) is -27.7. The zero-order valence-corrected chi connectivity index (χ0v) is 25.0. The molecule has 0 aromatic rings. The molecule has 0 aliphatic carbocycles. The standard InChI is InChI=1S/C23H36F14N2O2S.H2O2/c1-15(12-19(25,26)14-20(27,28)13-18(2,24)23(35,36)37)10-17(22(32,33)34)11-16(21(29,30)31)6-9-42(40,41)38-7-5-8-39(3)4;1-2/h15-17,38H,5-14H2,1-4H3;1-2H. The van der Waals surface area contributed by atoms with E-state index in [4.69, 9.17) is 10.5 Å². The summed E-state index contributed by atoms with van der Waals surface area (Å²) in [5.41, 5.74) is -4.55. The van der Waals surface area contributed by atoms with Crippen LogP contribution in [-0.4, -0.2) is 92.8 Å². The van der Waals surface area contributed by atoms with Crippen LogP contribution in [0.3, 0.4) is 0 Å². The van der Waals surface area contributed by atoms with Gasteiger partial charge in [-0.3, -0.25) is 10.5 Å². The van der Waals surface area contributed by atoms with Crippen molar-refractivity contribution in [1.29, 1.82) is 0 Å². The first kappa shape index (κ1) is 44.9. The Balaban J connectivity index is 0. The lowest BCUT2D eigenvalue weighted by atomic mass is 9.83. The number of alkyl halides is 14. The molecule has 4 atom stereocenters. The van der Waals surface area contributed by atoms with Crippen molar-refractivity contribution in [2.75, 3.05) is 32.9 Å². The van der Waals surface area contributed by atoms with Gasteiger partial charge in [0.15, 0.2) is 0 Å². The summed E-state index contributed by atoms with van der Waals surface area (Å²) < 4.78 is 215. The minimum Gasteiger partial charge on any atom is -0.309 e. The van der Waals surface area contributed by atoms with Gasteiger partial charge in [0, 0.05) is 13.0 Å². The van der Waals surface area contributed by atoms with E-state index in [0.717, 1.165) is 0 Å². The van der Waals surface area contributed by atoms with Crippen LogP contribution < -0.4 is 4.72 Å². The number of rotatable bonds is 18. The molecule has 3 N–H and O–H groups in total. The van der Waals surface area contributed by atoms with Crippen molar-refractivity contribution in [3.63, 3.8) is 0 Å². The molecular formula is C23H38F14N2O4S. The Morgan fingerprint density at radius 1 is 0.750 bits per heavy atom. The highest BCUT2D eigenvalue weighted by molar-refractivity contribution is 7.89. The maximum Gasteiger partial charge on any atom is 0.422 e. The Bertz CT molecular complexity index is 923. The number of sulfonamides is 1. The van der Waals surface area contributed by atoms with E-state index >= 15 is 0 Å². The molecule has 0 aromatic heterocycles. The third kappa shape index (κ3) is 18.7. The van der Waals surface area contributed by atoms with Gasteiger partial charge in [-0.15, -0.1) is 0 Å². The highest BCUT2D eigenvalue weighted by atomic mass is 32.2. The highest BCUT2D eigenvalue weighted by Crippen LogP contribution is 2.47. The number of halogens is 14. The van der Waals surface area contributed by atoms with Gasteiger partial charge in [-0.25, -0.2) is 35.1 Å². The smallest absolute Gasteiger partial charge is 0.309 e. The van der Waals surface area contributed by atoms with Gasteiger partial charge in [0.25, 0.3) is 11.8 Å². The molecule has 268 valence electrons. The summed E-state index contributed by atoms with van der Waals surface area (Å²) in [5.74, 6) is -18.3. The maximum absolute atomic E-state index is 14.2. The molecule has 0 aliphatic rings. The Labute approximate surface area is 246 Å². The first-order valence-corrected chi connectivity index (χ1v) is 14.5. The fourth-order valence-electron chi connectivity index (χ4n) is 4.29. The largest absolute Gasteiger partial charge is 0.422 e. The van der Waals surface area contributed by atoms with Gasteiger partial charge in [-0.1, -0.05) is 6.92 Å². The predicted octanol–water partition coefficient (Wildman–Crippen LogP) is 7.77. The molecule has 0 fully saturated rings. The predicted molar refractivity (Wildman–Crippen MR) is 132 cm³/mol. The van der Waals surface area contributed by atoms with E-state index < -0.39 is 108 Å². The molecule has 6 nitrogen and oxygen atoms in total. The molecule has 0 saturated heterocycles. The summed E-state index contributed by atoms with van der Waals surface area (Å²) in [4.78, 5) is 1.70. The molecule has 0 radical (unpaired) electrons. The van der Waals surface area contributed by atoms with Crippen molar-refractivity contribution in [2.24, 2.45) is 17.8 Å². The van der Waals surface area contributed by atoms with Crippen molar-refractivity contribution < 1.29 is 80.4 Å². The first-order valence-electron chi connectivity index (χ1n) is 12.9. The van der Waals surface area contributed by atoms with Crippen LogP contribution in [0.4, 0.5) is 61.5 Å². The lowest BCUT2D eigenvalue weighted by molar-refractivity contribution is -0.249. The normalized spacial score (nSPS) is 17.5. The SMILES string of the molecule is CC(CC(CC(CCS(=O)(=O)NCCCN(C)C)C(F)(F)F)C(F)(F)F)CC(F)(F)CC(F)(F)CC(C)(F)C(F)(F)F.OO. The molecule has 44 heavy (non-hydrogen) atoms. The van der Waals surface area contributed by atoms with Crippen LogP contribution >= 0.6 is 0 Å². The summed E-state index contributed by atoms with van der Waals surface area (Å²) >= 11 is 0. The number of nitrogens with zero attached hydrogens (tertiary/aromatic N) is 1. The molecule has 0 aliphatic heterocycles. The van der Waals surface area contributed by atoms with Gasteiger partial charge in [-0.05, 0) is 59.2 Å². The lowest BCUT2D eigenvalue weighted by Crippen LogP contribution is -2.44. The van der Waals surface area contributed by atoms with Gasteiger partial charge in [0.05, 0.1) is 30.4 Å². The Hall–Kier alpha value is -1.19. The Morgan fingerprint density at radius 2 is 1.23 bits per heavy atom. The monoisotopic (exact) mass is 704 g/mol. The quantitative estimate of drug-likeness (QED) is 0.0588. The minimum atomic E-state index is -5.82. The summed E-state index contributed by atoms with van der Waals surface area (Å²) in [6, 6.07) is 0. The average molecular weight is 705 g/mol. The molecular weight excluding hydrogens is 666 g/mol. The molecule has 0 aromatic carbocycles. The lowest BCUT2D eigenvalue weighted by Gasteiger charge is -2.32. The average Bonchev–Trinajstić information content (AvgIpc) is 2.75. The molecule has 0 bridgehead atoms. The van der Waals surface area contributed by atoms with Crippen LogP contribution in [0.1, 0.15) is 58.8 Å². The van der Waals surface area contributed by atoms with Gasteiger partial charge in [0.1, 0.15) is 0 Å². The van der Waals surface area contributed by atoms with E-state index in [1.165, 1.54) is 0 Å². The second-order valence-electron chi connectivity index (χ2n) is 11.2. The van der Waals surface area contributed by atoms with E-state index in [1.54, 1.807) is 19.0 Å². The van der Waals surface area contributed by atoms with E-state index in [1.807, 2.05) is 4.72 Å². The van der Waals surface area contributed by atoms with Gasteiger partial charge in [0.2, 0.25) is 15.7 Å². The van der Waals surface area contributed by atoms with Crippen molar-refractivity contribution in [3.05, 3.63) is 0 Å². The van der Waals surface area contributed by atoms with Gasteiger partial charge in [-0.2, -0.15) is 39.5 Å².